The Balaban J connectivity index is 1.55. The van der Waals surface area contributed by atoms with Gasteiger partial charge in [-0.2, -0.15) is 13.2 Å². The lowest BCUT2D eigenvalue weighted by atomic mass is 9.71. The minimum Gasteiger partial charge on any atom is -0.445 e. The summed E-state index contributed by atoms with van der Waals surface area (Å²) in [4.78, 5) is 14.6. The maximum Gasteiger partial charge on any atom is 0.416 e. The summed E-state index contributed by atoms with van der Waals surface area (Å²) in [6.07, 6.45) is -2.21. The Morgan fingerprint density at radius 2 is 1.77 bits per heavy atom. The third-order valence-corrected chi connectivity index (χ3v) is 6.49. The van der Waals surface area contributed by atoms with E-state index in [1.54, 1.807) is 11.8 Å². The van der Waals surface area contributed by atoms with Crippen LogP contribution in [-0.2, 0) is 23.1 Å². The molecule has 0 saturated carbocycles. The van der Waals surface area contributed by atoms with Crippen molar-refractivity contribution in [1.29, 1.82) is 0 Å². The van der Waals surface area contributed by atoms with Crippen LogP contribution >= 0.6 is 0 Å². The van der Waals surface area contributed by atoms with E-state index >= 15 is 0 Å². The number of halogens is 3. The zero-order valence-electron chi connectivity index (χ0n) is 17.4. The van der Waals surface area contributed by atoms with Gasteiger partial charge in [-0.25, -0.2) is 4.79 Å². The summed E-state index contributed by atoms with van der Waals surface area (Å²) in [6, 6.07) is 12.4. The smallest absolute Gasteiger partial charge is 0.416 e. The second-order valence-electron chi connectivity index (χ2n) is 8.65. The molecular weight excluding hydrogens is 407 g/mol. The molecule has 4 nitrogen and oxygen atoms in total. The largest absolute Gasteiger partial charge is 0.445 e. The quantitative estimate of drug-likeness (QED) is 0.690. The van der Waals surface area contributed by atoms with Crippen LogP contribution in [0.15, 0.2) is 48.5 Å². The van der Waals surface area contributed by atoms with Crippen LogP contribution in [0.5, 0.6) is 0 Å². The predicted molar refractivity (Wildman–Crippen MR) is 109 cm³/mol. The summed E-state index contributed by atoms with van der Waals surface area (Å²) < 4.78 is 45.3. The Morgan fingerprint density at radius 3 is 2.39 bits per heavy atom. The first kappa shape index (κ1) is 21.7. The molecule has 0 radical (unpaired) electrons. The fourth-order valence-corrected chi connectivity index (χ4v) is 5.04. The van der Waals surface area contributed by atoms with E-state index in [-0.39, 0.29) is 31.5 Å². The average molecular weight is 433 g/mol. The molecule has 2 aliphatic heterocycles. The number of hydrogen-bond acceptors (Lipinski definition) is 3. The molecule has 0 aromatic heterocycles. The first-order valence-corrected chi connectivity index (χ1v) is 10.6. The number of amides is 1. The molecule has 7 heteroatoms. The highest BCUT2D eigenvalue weighted by Gasteiger charge is 2.49. The van der Waals surface area contributed by atoms with Crippen molar-refractivity contribution in [3.63, 3.8) is 0 Å². The van der Waals surface area contributed by atoms with Gasteiger partial charge in [0.05, 0.1) is 11.2 Å². The van der Waals surface area contributed by atoms with Gasteiger partial charge >= 0.3 is 12.3 Å². The van der Waals surface area contributed by atoms with Crippen LogP contribution in [0.3, 0.4) is 0 Å². The number of hydrogen-bond donors (Lipinski definition) is 1. The molecule has 166 valence electrons. The van der Waals surface area contributed by atoms with Gasteiger partial charge in [-0.05, 0) is 55.0 Å². The topological polar surface area (TPSA) is 49.8 Å². The van der Waals surface area contributed by atoms with E-state index in [1.165, 1.54) is 6.07 Å². The van der Waals surface area contributed by atoms with Crippen LogP contribution in [-0.4, -0.2) is 28.2 Å². The third-order valence-electron chi connectivity index (χ3n) is 6.49. The molecule has 2 aliphatic rings. The van der Waals surface area contributed by atoms with E-state index < -0.39 is 23.4 Å². The molecule has 4 rings (SSSR count). The van der Waals surface area contributed by atoms with Crippen molar-refractivity contribution in [2.75, 3.05) is 0 Å². The van der Waals surface area contributed by atoms with Crippen molar-refractivity contribution < 1.29 is 27.8 Å². The fourth-order valence-electron chi connectivity index (χ4n) is 5.04. The fraction of sp³-hybridized carbons (Fsp3) is 0.458. The lowest BCUT2D eigenvalue weighted by Gasteiger charge is -2.51. The normalized spacial score (nSPS) is 25.9. The summed E-state index contributed by atoms with van der Waals surface area (Å²) in [5.74, 6) is 0. The summed E-state index contributed by atoms with van der Waals surface area (Å²) in [6.45, 7) is 1.87. The second-order valence-corrected chi connectivity index (χ2v) is 8.65. The number of benzene rings is 2. The first-order valence-electron chi connectivity index (χ1n) is 10.6. The van der Waals surface area contributed by atoms with Crippen molar-refractivity contribution in [3.05, 3.63) is 70.8 Å². The summed E-state index contributed by atoms with van der Waals surface area (Å²) in [5, 5.41) is 11.5. The molecular formula is C24H26F3NO3. The minimum atomic E-state index is -4.48. The van der Waals surface area contributed by atoms with Gasteiger partial charge in [0.25, 0.3) is 0 Å². The average Bonchev–Trinajstić information content (AvgIpc) is 2.71. The Labute approximate surface area is 179 Å². The molecule has 2 saturated heterocycles. The predicted octanol–water partition coefficient (Wildman–Crippen LogP) is 5.56. The molecule has 2 bridgehead atoms. The SMILES string of the molecule is Cc1ccc(C(F)(F)F)cc1C1(O)CC2CCCC(C1)N2C(=O)OCc1ccccc1. The standard InChI is InChI=1S/C24H26F3NO3/c1-16-10-11-18(24(25,26)27)12-21(16)23(30)13-19-8-5-9-20(14-23)28(19)22(29)31-15-17-6-3-2-4-7-17/h2-4,6-7,10-12,19-20,30H,5,8-9,13-15H2,1H3. The van der Waals surface area contributed by atoms with Crippen LogP contribution in [0.4, 0.5) is 18.0 Å². The highest BCUT2D eigenvalue weighted by molar-refractivity contribution is 5.69. The zero-order chi connectivity index (χ0) is 22.2. The van der Waals surface area contributed by atoms with E-state index in [9.17, 15) is 23.1 Å². The van der Waals surface area contributed by atoms with Crippen molar-refractivity contribution in [2.24, 2.45) is 0 Å². The minimum absolute atomic E-state index is 0.159. The van der Waals surface area contributed by atoms with Crippen molar-refractivity contribution in [1.82, 2.24) is 4.90 Å². The summed E-state index contributed by atoms with van der Waals surface area (Å²) in [7, 11) is 0. The molecule has 2 atom stereocenters. The van der Waals surface area contributed by atoms with Crippen molar-refractivity contribution in [3.8, 4) is 0 Å². The highest BCUT2D eigenvalue weighted by Crippen LogP contribution is 2.46. The third kappa shape index (κ3) is 4.42. The Morgan fingerprint density at radius 1 is 1.13 bits per heavy atom. The molecule has 0 spiro atoms. The van der Waals surface area contributed by atoms with E-state index in [2.05, 4.69) is 0 Å². The number of ether oxygens (including phenoxy) is 1. The molecule has 2 aromatic carbocycles. The van der Waals surface area contributed by atoms with E-state index in [0.29, 0.717) is 24.0 Å². The molecule has 2 fully saturated rings. The maximum atomic E-state index is 13.3. The number of carbonyl (C=O) groups excluding carboxylic acids is 1. The zero-order valence-corrected chi connectivity index (χ0v) is 17.4. The van der Waals surface area contributed by atoms with E-state index in [1.807, 2.05) is 30.3 Å². The number of carbonyl (C=O) groups is 1. The second kappa shape index (κ2) is 8.19. The van der Waals surface area contributed by atoms with Crippen LogP contribution in [0.25, 0.3) is 0 Å². The van der Waals surface area contributed by atoms with E-state index in [0.717, 1.165) is 24.1 Å². The molecule has 31 heavy (non-hydrogen) atoms. The lowest BCUT2D eigenvalue weighted by molar-refractivity contribution is -0.138. The number of aliphatic hydroxyl groups is 1. The van der Waals surface area contributed by atoms with Crippen LogP contribution in [0, 0.1) is 6.92 Å². The van der Waals surface area contributed by atoms with Crippen LogP contribution in [0.2, 0.25) is 0 Å². The number of rotatable bonds is 3. The van der Waals surface area contributed by atoms with Gasteiger partial charge in [-0.3, -0.25) is 0 Å². The molecule has 1 N–H and O–H groups in total. The van der Waals surface area contributed by atoms with Gasteiger partial charge in [0, 0.05) is 24.9 Å². The molecule has 2 aromatic rings. The number of aryl methyl sites for hydroxylation is 1. The van der Waals surface area contributed by atoms with Gasteiger partial charge in [0.2, 0.25) is 0 Å². The maximum absolute atomic E-state index is 13.3. The van der Waals surface area contributed by atoms with Gasteiger partial charge in [-0.1, -0.05) is 36.4 Å². The first-order chi connectivity index (χ1) is 14.7. The molecule has 1 amide bonds. The van der Waals surface area contributed by atoms with Gasteiger partial charge in [0.15, 0.2) is 0 Å². The summed E-state index contributed by atoms with van der Waals surface area (Å²) >= 11 is 0. The van der Waals surface area contributed by atoms with Crippen molar-refractivity contribution in [2.45, 2.75) is 69.5 Å². The van der Waals surface area contributed by atoms with Gasteiger partial charge in [0.1, 0.15) is 6.61 Å². The Kier molecular flexibility index (Phi) is 5.73. The van der Waals surface area contributed by atoms with Crippen LogP contribution in [0.1, 0.15) is 54.4 Å². The Bertz CT molecular complexity index is 931. The van der Waals surface area contributed by atoms with Crippen LogP contribution < -0.4 is 0 Å². The lowest BCUT2D eigenvalue weighted by Crippen LogP contribution is -2.59. The number of fused-ring (bicyclic) bond motifs is 2. The van der Waals surface area contributed by atoms with Gasteiger partial charge < -0.3 is 14.7 Å². The van der Waals surface area contributed by atoms with Gasteiger partial charge in [-0.15, -0.1) is 0 Å². The molecule has 0 aliphatic carbocycles. The number of nitrogens with zero attached hydrogens (tertiary/aromatic N) is 1. The monoisotopic (exact) mass is 433 g/mol. The van der Waals surface area contributed by atoms with E-state index in [4.69, 9.17) is 4.74 Å². The number of alkyl halides is 3. The highest BCUT2D eigenvalue weighted by atomic mass is 19.4. The Hall–Kier alpha value is -2.54. The molecule has 2 heterocycles. The number of piperidine rings is 2. The van der Waals surface area contributed by atoms with Crippen molar-refractivity contribution >= 4 is 6.09 Å². The molecule has 2 unspecified atom stereocenters. The summed E-state index contributed by atoms with van der Waals surface area (Å²) in [5.41, 5.74) is -0.368.